The Bertz CT molecular complexity index is 444. The fourth-order valence-corrected chi connectivity index (χ4v) is 1.62. The number of carboxylic acids is 1. The Balaban J connectivity index is 2.29. The second kappa shape index (κ2) is 8.21. The van der Waals surface area contributed by atoms with Crippen molar-refractivity contribution in [1.29, 1.82) is 0 Å². The fraction of sp³-hybridized carbons (Fsp3) is 0.538. The number of nitrogens with zero attached hydrogens (tertiary/aromatic N) is 1. The van der Waals surface area contributed by atoms with E-state index in [1.807, 2.05) is 0 Å². The van der Waals surface area contributed by atoms with Crippen molar-refractivity contribution in [2.75, 3.05) is 20.2 Å². The summed E-state index contributed by atoms with van der Waals surface area (Å²) < 4.78 is 5.03. The molecule has 0 bridgehead atoms. The predicted octanol–water partition coefficient (Wildman–Crippen LogP) is 1.28. The van der Waals surface area contributed by atoms with Gasteiger partial charge in [0.1, 0.15) is 5.76 Å². The van der Waals surface area contributed by atoms with Crippen molar-refractivity contribution in [2.24, 2.45) is 0 Å². The van der Waals surface area contributed by atoms with Crippen LogP contribution < -0.4 is 5.32 Å². The molecule has 0 aliphatic rings. The number of nitrogens with one attached hydrogen (secondary N) is 1. The first kappa shape index (κ1) is 16.0. The molecule has 0 saturated heterocycles. The van der Waals surface area contributed by atoms with Gasteiger partial charge in [0.25, 0.3) is 0 Å². The summed E-state index contributed by atoms with van der Waals surface area (Å²) in [6.07, 6.45) is 2.43. The minimum absolute atomic E-state index is 0.146. The summed E-state index contributed by atoms with van der Waals surface area (Å²) in [5.74, 6) is -0.889. The molecule has 0 unspecified atom stereocenters. The number of carbonyl (C=O) groups is 2. The zero-order chi connectivity index (χ0) is 15.0. The zero-order valence-corrected chi connectivity index (χ0v) is 11.5. The van der Waals surface area contributed by atoms with Gasteiger partial charge in [-0.25, -0.2) is 9.59 Å². The van der Waals surface area contributed by atoms with Gasteiger partial charge in [-0.3, -0.25) is 0 Å². The van der Waals surface area contributed by atoms with Crippen LogP contribution in [0.2, 0.25) is 0 Å². The normalized spacial score (nSPS) is 10.3. The van der Waals surface area contributed by atoms with Gasteiger partial charge in [-0.2, -0.15) is 0 Å². The largest absolute Gasteiger partial charge is 0.475 e. The summed E-state index contributed by atoms with van der Waals surface area (Å²) in [5, 5.41) is 20.0. The number of hydrogen-bond donors (Lipinski definition) is 3. The van der Waals surface area contributed by atoms with Crippen LogP contribution in [0.3, 0.4) is 0 Å². The van der Waals surface area contributed by atoms with Gasteiger partial charge in [0.2, 0.25) is 5.76 Å². The lowest BCUT2D eigenvalue weighted by molar-refractivity contribution is 0.0660. The van der Waals surface area contributed by atoms with Gasteiger partial charge < -0.3 is 24.8 Å². The van der Waals surface area contributed by atoms with Gasteiger partial charge in [-0.05, 0) is 31.4 Å². The molecule has 0 aliphatic carbocycles. The van der Waals surface area contributed by atoms with Crippen molar-refractivity contribution in [1.82, 2.24) is 10.2 Å². The van der Waals surface area contributed by atoms with Gasteiger partial charge >= 0.3 is 12.0 Å². The van der Waals surface area contributed by atoms with E-state index in [2.05, 4.69) is 5.32 Å². The highest BCUT2D eigenvalue weighted by molar-refractivity contribution is 5.84. The van der Waals surface area contributed by atoms with E-state index in [-0.39, 0.29) is 24.9 Å². The van der Waals surface area contributed by atoms with Crippen LogP contribution in [-0.2, 0) is 6.54 Å². The van der Waals surface area contributed by atoms with Crippen LogP contribution in [-0.4, -0.2) is 47.3 Å². The third-order valence-corrected chi connectivity index (χ3v) is 2.78. The number of hydrogen-bond acceptors (Lipinski definition) is 4. The van der Waals surface area contributed by atoms with E-state index in [0.717, 1.165) is 19.3 Å². The number of carboxylic acid groups (broad SMARTS) is 1. The number of aromatic carboxylic acids is 1. The molecule has 112 valence electrons. The van der Waals surface area contributed by atoms with E-state index in [4.69, 9.17) is 14.6 Å². The second-order valence-corrected chi connectivity index (χ2v) is 4.44. The number of amides is 2. The monoisotopic (exact) mass is 284 g/mol. The lowest BCUT2D eigenvalue weighted by atomic mass is 10.2. The predicted molar refractivity (Wildman–Crippen MR) is 71.5 cm³/mol. The number of furan rings is 1. The maximum Gasteiger partial charge on any atom is 0.371 e. The lowest BCUT2D eigenvalue weighted by Crippen LogP contribution is -2.37. The van der Waals surface area contributed by atoms with Crippen molar-refractivity contribution in [2.45, 2.75) is 25.8 Å². The summed E-state index contributed by atoms with van der Waals surface area (Å²) in [6, 6.07) is 2.62. The number of urea groups is 1. The topological polar surface area (TPSA) is 103 Å². The Hall–Kier alpha value is -2.02. The third kappa shape index (κ3) is 5.31. The maximum atomic E-state index is 11.7. The van der Waals surface area contributed by atoms with Crippen LogP contribution in [0.25, 0.3) is 0 Å². The van der Waals surface area contributed by atoms with E-state index >= 15 is 0 Å². The second-order valence-electron chi connectivity index (χ2n) is 4.44. The molecule has 0 spiro atoms. The minimum atomic E-state index is -1.14. The summed E-state index contributed by atoms with van der Waals surface area (Å²) in [6.45, 7) is 0.914. The molecule has 0 radical (unpaired) electrons. The molecular formula is C13H20N2O5. The number of carbonyl (C=O) groups excluding carboxylic acids is 1. The first-order valence-corrected chi connectivity index (χ1v) is 6.46. The highest BCUT2D eigenvalue weighted by Gasteiger charge is 2.11. The van der Waals surface area contributed by atoms with Gasteiger partial charge in [0.15, 0.2) is 0 Å². The van der Waals surface area contributed by atoms with E-state index < -0.39 is 5.97 Å². The lowest BCUT2D eigenvalue weighted by Gasteiger charge is -2.17. The average molecular weight is 284 g/mol. The van der Waals surface area contributed by atoms with Crippen LogP contribution in [0, 0.1) is 0 Å². The standard InChI is InChI=1S/C13H20N2O5/c1-15(7-3-2-4-8-16)13(19)14-9-10-5-6-11(20-10)12(17)18/h5-6,16H,2-4,7-9H2,1H3,(H,14,19)(H,17,18). The van der Waals surface area contributed by atoms with Gasteiger partial charge in [0, 0.05) is 20.2 Å². The molecule has 0 fully saturated rings. The van der Waals surface area contributed by atoms with Crippen molar-refractivity contribution in [3.63, 3.8) is 0 Å². The molecule has 7 heteroatoms. The van der Waals surface area contributed by atoms with Crippen molar-refractivity contribution in [3.8, 4) is 0 Å². The smallest absolute Gasteiger partial charge is 0.371 e. The molecule has 1 rings (SSSR count). The van der Waals surface area contributed by atoms with Gasteiger partial charge in [-0.15, -0.1) is 0 Å². The SMILES string of the molecule is CN(CCCCCO)C(=O)NCc1ccc(C(=O)O)o1. The van der Waals surface area contributed by atoms with E-state index in [9.17, 15) is 9.59 Å². The van der Waals surface area contributed by atoms with E-state index in [0.29, 0.717) is 12.3 Å². The Kier molecular flexibility index (Phi) is 6.58. The molecule has 0 aliphatic heterocycles. The summed E-state index contributed by atoms with van der Waals surface area (Å²) in [7, 11) is 1.68. The highest BCUT2D eigenvalue weighted by atomic mass is 16.4. The Labute approximate surface area is 117 Å². The number of aliphatic hydroxyl groups is 1. The Morgan fingerprint density at radius 2 is 2.05 bits per heavy atom. The molecule has 0 atom stereocenters. The molecule has 0 saturated carbocycles. The van der Waals surface area contributed by atoms with E-state index in [1.54, 1.807) is 11.9 Å². The molecule has 1 aromatic rings. The molecule has 3 N–H and O–H groups in total. The van der Waals surface area contributed by atoms with Gasteiger partial charge in [0.05, 0.1) is 6.54 Å². The zero-order valence-electron chi connectivity index (χ0n) is 11.5. The van der Waals surface area contributed by atoms with Crippen LogP contribution in [0.1, 0.15) is 35.6 Å². The number of aliphatic hydroxyl groups excluding tert-OH is 1. The molecule has 2 amide bonds. The summed E-state index contributed by atoms with van der Waals surface area (Å²) >= 11 is 0. The van der Waals surface area contributed by atoms with Crippen molar-refractivity contribution >= 4 is 12.0 Å². The minimum Gasteiger partial charge on any atom is -0.475 e. The first-order valence-electron chi connectivity index (χ1n) is 6.46. The average Bonchev–Trinajstić information content (AvgIpc) is 2.89. The molecule has 7 nitrogen and oxygen atoms in total. The molecule has 0 aromatic carbocycles. The molecular weight excluding hydrogens is 264 g/mol. The fourth-order valence-electron chi connectivity index (χ4n) is 1.62. The van der Waals surface area contributed by atoms with Crippen LogP contribution in [0.4, 0.5) is 4.79 Å². The van der Waals surface area contributed by atoms with Crippen molar-refractivity contribution in [3.05, 3.63) is 23.7 Å². The number of unbranched alkanes of at least 4 members (excludes halogenated alkanes) is 2. The first-order chi connectivity index (χ1) is 9.54. The Morgan fingerprint density at radius 1 is 1.30 bits per heavy atom. The number of rotatable bonds is 8. The molecule has 1 aromatic heterocycles. The Morgan fingerprint density at radius 3 is 2.65 bits per heavy atom. The van der Waals surface area contributed by atoms with Gasteiger partial charge in [-0.1, -0.05) is 0 Å². The van der Waals surface area contributed by atoms with E-state index in [1.165, 1.54) is 12.1 Å². The maximum absolute atomic E-state index is 11.7. The van der Waals surface area contributed by atoms with Crippen LogP contribution in [0.15, 0.2) is 16.5 Å². The third-order valence-electron chi connectivity index (χ3n) is 2.78. The molecule has 1 heterocycles. The van der Waals surface area contributed by atoms with Crippen molar-refractivity contribution < 1.29 is 24.2 Å². The summed E-state index contributed by atoms with van der Waals surface area (Å²) in [5.41, 5.74) is 0. The van der Waals surface area contributed by atoms with Crippen LogP contribution in [0.5, 0.6) is 0 Å². The van der Waals surface area contributed by atoms with Crippen LogP contribution >= 0.6 is 0 Å². The summed E-state index contributed by atoms with van der Waals surface area (Å²) in [4.78, 5) is 23.9. The quantitative estimate of drug-likeness (QED) is 0.624. The highest BCUT2D eigenvalue weighted by Crippen LogP contribution is 2.07. The molecule has 20 heavy (non-hydrogen) atoms.